The summed E-state index contributed by atoms with van der Waals surface area (Å²) in [6, 6.07) is 8.22. The molecule has 0 aromatic heterocycles. The largest absolute Gasteiger partial charge is 0.497 e. The molecule has 8 heteroatoms. The number of hydrogen-bond acceptors (Lipinski definition) is 4. The Bertz CT molecular complexity index is 669. The summed E-state index contributed by atoms with van der Waals surface area (Å²) in [4.78, 5) is 21.5. The number of nitrogens with zero attached hydrogens (tertiary/aromatic N) is 3. The van der Waals surface area contributed by atoms with Gasteiger partial charge in [0.2, 0.25) is 0 Å². The lowest BCUT2D eigenvalue weighted by Gasteiger charge is -2.37. The Hall–Kier alpha value is -1.55. The van der Waals surface area contributed by atoms with Gasteiger partial charge in [0.05, 0.1) is 7.11 Å². The maximum Gasteiger partial charge on any atom is 0.251 e. The van der Waals surface area contributed by atoms with Gasteiger partial charge in [-0.05, 0) is 50.3 Å². The third kappa shape index (κ3) is 7.01. The number of halogens is 1. The zero-order valence-corrected chi connectivity index (χ0v) is 20.5. The molecule has 0 saturated carbocycles. The van der Waals surface area contributed by atoms with E-state index in [-0.39, 0.29) is 36.0 Å². The number of hydrogen-bond donors (Lipinski definition) is 1. The highest BCUT2D eigenvalue weighted by molar-refractivity contribution is 14.0. The van der Waals surface area contributed by atoms with E-state index in [1.165, 1.54) is 5.56 Å². The van der Waals surface area contributed by atoms with Crippen molar-refractivity contribution in [3.05, 3.63) is 29.8 Å². The highest BCUT2D eigenvalue weighted by Crippen LogP contribution is 2.16. The van der Waals surface area contributed by atoms with Crippen LogP contribution in [0.2, 0.25) is 0 Å². The molecule has 30 heavy (non-hydrogen) atoms. The zero-order valence-electron chi connectivity index (χ0n) is 18.1. The molecule has 1 amide bonds. The van der Waals surface area contributed by atoms with Crippen LogP contribution in [0, 0.1) is 0 Å². The molecule has 2 aliphatic heterocycles. The minimum atomic E-state index is -0.221. The Balaban J connectivity index is 0.00000320. The number of carbonyl (C=O) groups excluding carboxylic acids is 1. The Morgan fingerprint density at radius 1 is 1.20 bits per heavy atom. The first-order chi connectivity index (χ1) is 14.2. The number of aliphatic imine (C=N–C) groups is 1. The maximum atomic E-state index is 12.5. The van der Waals surface area contributed by atoms with Crippen molar-refractivity contribution in [3.63, 3.8) is 0 Å². The monoisotopic (exact) mass is 530 g/mol. The molecule has 3 rings (SSSR count). The molecule has 1 aromatic rings. The van der Waals surface area contributed by atoms with E-state index in [4.69, 9.17) is 14.5 Å². The van der Waals surface area contributed by atoms with Gasteiger partial charge in [0.15, 0.2) is 5.96 Å². The molecule has 0 spiro atoms. The van der Waals surface area contributed by atoms with Crippen LogP contribution >= 0.6 is 24.0 Å². The summed E-state index contributed by atoms with van der Waals surface area (Å²) in [6.07, 6.45) is 3.62. The lowest BCUT2D eigenvalue weighted by molar-refractivity contribution is -0.142. The van der Waals surface area contributed by atoms with Crippen molar-refractivity contribution in [2.24, 2.45) is 4.99 Å². The normalized spacial score (nSPS) is 19.4. The SMILES string of the molecule is CCNC(=NCCCc1ccc(OC)cc1)N1CCN(C(=O)C2CCCO2)CC1.I. The summed E-state index contributed by atoms with van der Waals surface area (Å²) in [5, 5.41) is 3.40. The molecule has 1 unspecified atom stereocenters. The molecule has 0 radical (unpaired) electrons. The van der Waals surface area contributed by atoms with Gasteiger partial charge in [-0.3, -0.25) is 9.79 Å². The lowest BCUT2D eigenvalue weighted by Crippen LogP contribution is -2.55. The molecule has 2 aliphatic rings. The fraction of sp³-hybridized carbons (Fsp3) is 0.636. The van der Waals surface area contributed by atoms with Crippen LogP contribution in [-0.4, -0.2) is 80.8 Å². The molecular formula is C22H35IN4O3. The third-order valence-electron chi connectivity index (χ3n) is 5.48. The number of amides is 1. The molecule has 1 atom stereocenters. The van der Waals surface area contributed by atoms with Crippen molar-refractivity contribution in [2.75, 3.05) is 53.0 Å². The van der Waals surface area contributed by atoms with Crippen LogP contribution in [-0.2, 0) is 16.0 Å². The summed E-state index contributed by atoms with van der Waals surface area (Å²) in [6.45, 7) is 7.50. The topological polar surface area (TPSA) is 66.4 Å². The van der Waals surface area contributed by atoms with E-state index in [2.05, 4.69) is 29.3 Å². The highest BCUT2D eigenvalue weighted by atomic mass is 127. The van der Waals surface area contributed by atoms with E-state index in [9.17, 15) is 4.79 Å². The summed E-state index contributed by atoms with van der Waals surface area (Å²) in [7, 11) is 1.68. The molecule has 2 fully saturated rings. The quantitative estimate of drug-likeness (QED) is 0.254. The number of methoxy groups -OCH3 is 1. The fourth-order valence-electron chi connectivity index (χ4n) is 3.80. The number of ether oxygens (including phenoxy) is 2. The van der Waals surface area contributed by atoms with Gasteiger partial charge in [-0.15, -0.1) is 24.0 Å². The van der Waals surface area contributed by atoms with Crippen LogP contribution in [0.5, 0.6) is 5.75 Å². The fourth-order valence-corrected chi connectivity index (χ4v) is 3.80. The molecular weight excluding hydrogens is 495 g/mol. The van der Waals surface area contributed by atoms with E-state index in [1.54, 1.807) is 7.11 Å². The number of benzene rings is 1. The van der Waals surface area contributed by atoms with E-state index in [1.807, 2.05) is 17.0 Å². The van der Waals surface area contributed by atoms with Crippen molar-refractivity contribution in [2.45, 2.75) is 38.7 Å². The number of guanidine groups is 1. The van der Waals surface area contributed by atoms with Crippen molar-refractivity contribution >= 4 is 35.8 Å². The summed E-state index contributed by atoms with van der Waals surface area (Å²) < 4.78 is 10.8. The molecule has 2 heterocycles. The van der Waals surface area contributed by atoms with Gasteiger partial charge in [-0.2, -0.15) is 0 Å². The van der Waals surface area contributed by atoms with Gasteiger partial charge in [-0.25, -0.2) is 0 Å². The van der Waals surface area contributed by atoms with Gasteiger partial charge < -0.3 is 24.6 Å². The van der Waals surface area contributed by atoms with Crippen molar-refractivity contribution < 1.29 is 14.3 Å². The van der Waals surface area contributed by atoms with Gasteiger partial charge in [-0.1, -0.05) is 12.1 Å². The van der Waals surface area contributed by atoms with Crippen molar-refractivity contribution in [3.8, 4) is 5.75 Å². The summed E-state index contributed by atoms with van der Waals surface area (Å²) >= 11 is 0. The first-order valence-electron chi connectivity index (χ1n) is 10.8. The second-order valence-electron chi connectivity index (χ2n) is 7.50. The van der Waals surface area contributed by atoms with Gasteiger partial charge in [0.25, 0.3) is 5.91 Å². The second kappa shape index (κ2) is 13.0. The molecule has 1 aromatic carbocycles. The van der Waals surface area contributed by atoms with Gasteiger partial charge in [0, 0.05) is 45.9 Å². The number of nitrogens with one attached hydrogen (secondary N) is 1. The molecule has 7 nitrogen and oxygen atoms in total. The van der Waals surface area contributed by atoms with E-state index < -0.39 is 0 Å². The average Bonchev–Trinajstić information content (AvgIpc) is 3.31. The second-order valence-corrected chi connectivity index (χ2v) is 7.50. The highest BCUT2D eigenvalue weighted by Gasteiger charge is 2.30. The van der Waals surface area contributed by atoms with Crippen LogP contribution < -0.4 is 10.1 Å². The predicted octanol–water partition coefficient (Wildman–Crippen LogP) is 2.53. The first-order valence-corrected chi connectivity index (χ1v) is 10.8. The van der Waals surface area contributed by atoms with Crippen LogP contribution in [0.1, 0.15) is 31.7 Å². The van der Waals surface area contributed by atoms with Gasteiger partial charge in [0.1, 0.15) is 11.9 Å². The molecule has 0 bridgehead atoms. The Morgan fingerprint density at radius 3 is 2.50 bits per heavy atom. The minimum Gasteiger partial charge on any atom is -0.497 e. The molecule has 168 valence electrons. The minimum absolute atomic E-state index is 0. The van der Waals surface area contributed by atoms with Crippen molar-refractivity contribution in [1.82, 2.24) is 15.1 Å². The van der Waals surface area contributed by atoms with Crippen LogP contribution in [0.4, 0.5) is 0 Å². The summed E-state index contributed by atoms with van der Waals surface area (Å²) in [5.41, 5.74) is 1.30. The Morgan fingerprint density at radius 2 is 1.90 bits per heavy atom. The predicted molar refractivity (Wildman–Crippen MR) is 130 cm³/mol. The molecule has 2 saturated heterocycles. The third-order valence-corrected chi connectivity index (χ3v) is 5.48. The standard InChI is InChI=1S/C22H34N4O3.HI/c1-3-23-22(24-12-4-6-18-8-10-19(28-2)11-9-18)26-15-13-25(14-16-26)21(27)20-7-5-17-29-20;/h8-11,20H,3-7,12-17H2,1-2H3,(H,23,24);1H. The van der Waals surface area contributed by atoms with E-state index in [0.29, 0.717) is 6.61 Å². The number of carbonyl (C=O) groups is 1. The number of rotatable bonds is 7. The van der Waals surface area contributed by atoms with Crippen LogP contribution in [0.3, 0.4) is 0 Å². The molecule has 1 N–H and O–H groups in total. The van der Waals surface area contributed by atoms with Crippen LogP contribution in [0.15, 0.2) is 29.3 Å². The first kappa shape index (κ1) is 24.7. The zero-order chi connectivity index (χ0) is 20.5. The Kier molecular flexibility index (Phi) is 10.7. The average molecular weight is 530 g/mol. The number of aryl methyl sites for hydroxylation is 1. The van der Waals surface area contributed by atoms with E-state index in [0.717, 1.165) is 76.7 Å². The number of piperazine rings is 1. The smallest absolute Gasteiger partial charge is 0.251 e. The molecule has 0 aliphatic carbocycles. The van der Waals surface area contributed by atoms with Crippen LogP contribution in [0.25, 0.3) is 0 Å². The van der Waals surface area contributed by atoms with Crippen molar-refractivity contribution in [1.29, 1.82) is 0 Å². The summed E-state index contributed by atoms with van der Waals surface area (Å²) in [5.74, 6) is 1.99. The Labute approximate surface area is 197 Å². The van der Waals surface area contributed by atoms with Gasteiger partial charge >= 0.3 is 0 Å². The maximum absolute atomic E-state index is 12.5. The lowest BCUT2D eigenvalue weighted by atomic mass is 10.1. The van der Waals surface area contributed by atoms with E-state index >= 15 is 0 Å².